The van der Waals surface area contributed by atoms with Gasteiger partial charge in [0.2, 0.25) is 5.91 Å². The van der Waals surface area contributed by atoms with Gasteiger partial charge in [-0.25, -0.2) is 13.9 Å². The van der Waals surface area contributed by atoms with Crippen molar-refractivity contribution in [3.63, 3.8) is 0 Å². The normalized spacial score (nSPS) is 11.0. The molecule has 138 valence electrons. The van der Waals surface area contributed by atoms with Gasteiger partial charge in [-0.05, 0) is 23.8 Å². The lowest BCUT2D eigenvalue weighted by molar-refractivity contribution is -0.119. The fourth-order valence-corrected chi connectivity index (χ4v) is 2.88. The van der Waals surface area contributed by atoms with Gasteiger partial charge in [0.25, 0.3) is 5.91 Å². The van der Waals surface area contributed by atoms with E-state index in [4.69, 9.17) is 5.14 Å². The third kappa shape index (κ3) is 4.07. The number of nitrogens with two attached hydrogens (primary N) is 1. The number of likely N-dealkylation sites (N-methyl/N-ethyl adjacent to an activating group) is 1. The van der Waals surface area contributed by atoms with Crippen LogP contribution in [0.2, 0.25) is 0 Å². The number of aromatic nitrogens is 1. The lowest BCUT2D eigenvalue weighted by Gasteiger charge is -2.07. The molecule has 26 heavy (non-hydrogen) atoms. The Morgan fingerprint density at radius 2 is 1.77 bits per heavy atom. The Morgan fingerprint density at radius 1 is 1.15 bits per heavy atom. The molecule has 1 aromatic carbocycles. The van der Waals surface area contributed by atoms with Crippen molar-refractivity contribution in [1.29, 1.82) is 0 Å². The number of rotatable bonds is 6. The molecule has 1 heterocycles. The van der Waals surface area contributed by atoms with Crippen LogP contribution < -0.4 is 15.8 Å². The molecule has 0 spiro atoms. The predicted octanol–water partition coefficient (Wildman–Crippen LogP) is -0.619. The highest BCUT2D eigenvalue weighted by atomic mass is 32.2. The Morgan fingerprint density at radius 3 is 2.27 bits per heavy atom. The minimum Gasteiger partial charge on any atom is -0.477 e. The zero-order chi connectivity index (χ0) is 19.5. The van der Waals surface area contributed by atoms with Gasteiger partial charge < -0.3 is 15.7 Å². The number of nitrogens with zero attached hydrogens (tertiary/aromatic N) is 1. The molecule has 0 saturated heterocycles. The fraction of sp³-hybridized carbons (Fsp3) is 0.133. The van der Waals surface area contributed by atoms with E-state index in [1.807, 2.05) is 0 Å². The SMILES string of the molecule is CNC(=O)CNC(=O)c1ccc(-c2ccn(S(N)(=O)=O)c2C(=O)O)cc1. The van der Waals surface area contributed by atoms with Gasteiger partial charge in [-0.3, -0.25) is 9.59 Å². The van der Waals surface area contributed by atoms with E-state index >= 15 is 0 Å². The summed E-state index contributed by atoms with van der Waals surface area (Å²) in [5, 5.41) is 19.1. The lowest BCUT2D eigenvalue weighted by Crippen LogP contribution is -2.35. The van der Waals surface area contributed by atoms with Crippen LogP contribution in [-0.4, -0.2) is 48.9 Å². The number of amides is 2. The fourth-order valence-electron chi connectivity index (χ4n) is 2.22. The molecule has 2 aromatic rings. The maximum Gasteiger partial charge on any atom is 0.354 e. The van der Waals surface area contributed by atoms with Gasteiger partial charge in [0.1, 0.15) is 0 Å². The summed E-state index contributed by atoms with van der Waals surface area (Å²) in [6.07, 6.45) is 1.04. The molecule has 10 nitrogen and oxygen atoms in total. The summed E-state index contributed by atoms with van der Waals surface area (Å²) in [6.45, 7) is -0.183. The van der Waals surface area contributed by atoms with E-state index in [1.165, 1.54) is 37.4 Å². The first-order valence-electron chi connectivity index (χ1n) is 7.22. The summed E-state index contributed by atoms with van der Waals surface area (Å²) >= 11 is 0. The van der Waals surface area contributed by atoms with Crippen molar-refractivity contribution < 1.29 is 27.9 Å². The zero-order valence-corrected chi connectivity index (χ0v) is 14.4. The van der Waals surface area contributed by atoms with Crippen molar-refractivity contribution >= 4 is 28.0 Å². The number of aromatic carboxylic acids is 1. The third-order valence-corrected chi connectivity index (χ3v) is 4.33. The van der Waals surface area contributed by atoms with Gasteiger partial charge in [-0.1, -0.05) is 12.1 Å². The van der Waals surface area contributed by atoms with Crippen molar-refractivity contribution in [2.45, 2.75) is 0 Å². The molecule has 0 unspecified atom stereocenters. The number of carboxylic acids is 1. The van der Waals surface area contributed by atoms with Gasteiger partial charge in [0.15, 0.2) is 5.69 Å². The highest BCUT2D eigenvalue weighted by molar-refractivity contribution is 7.87. The summed E-state index contributed by atoms with van der Waals surface area (Å²) in [5.74, 6) is -2.31. The van der Waals surface area contributed by atoms with Crippen LogP contribution in [0.3, 0.4) is 0 Å². The van der Waals surface area contributed by atoms with Gasteiger partial charge in [-0.15, -0.1) is 0 Å². The number of carboxylic acid groups (broad SMARTS) is 1. The summed E-state index contributed by atoms with van der Waals surface area (Å²) in [4.78, 5) is 34.5. The van der Waals surface area contributed by atoms with Crippen LogP contribution in [0.25, 0.3) is 11.1 Å². The zero-order valence-electron chi connectivity index (χ0n) is 13.6. The first kappa shape index (κ1) is 19.1. The Bertz CT molecular complexity index is 963. The van der Waals surface area contributed by atoms with E-state index < -0.39 is 27.8 Å². The molecule has 0 radical (unpaired) electrons. The summed E-state index contributed by atoms with van der Waals surface area (Å²) < 4.78 is 23.4. The molecular weight excluding hydrogens is 364 g/mol. The van der Waals surface area contributed by atoms with E-state index in [2.05, 4.69) is 10.6 Å². The standard InChI is InChI=1S/C15H16N4O6S/c1-17-12(20)8-18-14(21)10-4-2-9(3-5-10)11-6-7-19(26(16,24)25)13(11)15(22)23/h2-7H,8H2,1H3,(H,17,20)(H,18,21)(H,22,23)(H2,16,24,25). The molecule has 0 fully saturated rings. The average molecular weight is 380 g/mol. The molecule has 2 amide bonds. The Kier molecular flexibility index (Phi) is 5.43. The number of carbonyl (C=O) groups is 3. The van der Waals surface area contributed by atoms with Crippen LogP contribution in [0.5, 0.6) is 0 Å². The molecule has 11 heteroatoms. The molecule has 1 aromatic heterocycles. The highest BCUT2D eigenvalue weighted by Crippen LogP contribution is 2.26. The van der Waals surface area contributed by atoms with E-state index in [9.17, 15) is 27.9 Å². The lowest BCUT2D eigenvalue weighted by atomic mass is 10.0. The first-order chi connectivity index (χ1) is 12.1. The van der Waals surface area contributed by atoms with Crippen molar-refractivity contribution in [3.8, 4) is 11.1 Å². The van der Waals surface area contributed by atoms with Crippen LogP contribution in [0.4, 0.5) is 0 Å². The number of carbonyl (C=O) groups excluding carboxylic acids is 2. The second-order valence-electron chi connectivity index (χ2n) is 5.16. The maximum atomic E-state index is 11.9. The van der Waals surface area contributed by atoms with Crippen LogP contribution in [0, 0.1) is 0 Å². The average Bonchev–Trinajstić information content (AvgIpc) is 3.05. The van der Waals surface area contributed by atoms with Crippen molar-refractivity contribution in [2.24, 2.45) is 5.14 Å². The number of nitrogens with one attached hydrogen (secondary N) is 2. The second kappa shape index (κ2) is 7.37. The van der Waals surface area contributed by atoms with Crippen LogP contribution >= 0.6 is 0 Å². The molecule has 5 N–H and O–H groups in total. The molecule has 0 atom stereocenters. The molecule has 2 rings (SSSR count). The van der Waals surface area contributed by atoms with Crippen LogP contribution in [-0.2, 0) is 15.0 Å². The van der Waals surface area contributed by atoms with Gasteiger partial charge in [0.05, 0.1) is 6.54 Å². The minimum absolute atomic E-state index is 0.129. The summed E-state index contributed by atoms with van der Waals surface area (Å²) in [7, 11) is -2.83. The van der Waals surface area contributed by atoms with E-state index in [1.54, 1.807) is 0 Å². The topological polar surface area (TPSA) is 161 Å². The monoisotopic (exact) mass is 380 g/mol. The summed E-state index contributed by atoms with van der Waals surface area (Å²) in [5.41, 5.74) is 0.251. The third-order valence-electron chi connectivity index (χ3n) is 3.48. The van der Waals surface area contributed by atoms with Crippen molar-refractivity contribution in [1.82, 2.24) is 14.6 Å². The number of hydrogen-bond donors (Lipinski definition) is 4. The largest absolute Gasteiger partial charge is 0.477 e. The minimum atomic E-state index is -4.27. The molecule has 0 saturated carbocycles. The van der Waals surface area contributed by atoms with Gasteiger partial charge in [-0.2, -0.15) is 8.42 Å². The maximum absolute atomic E-state index is 11.9. The smallest absolute Gasteiger partial charge is 0.354 e. The molecule has 0 aliphatic heterocycles. The Labute approximate surface area is 148 Å². The second-order valence-corrected chi connectivity index (χ2v) is 6.58. The highest BCUT2D eigenvalue weighted by Gasteiger charge is 2.22. The van der Waals surface area contributed by atoms with E-state index in [0.717, 1.165) is 6.20 Å². The van der Waals surface area contributed by atoms with Crippen molar-refractivity contribution in [2.75, 3.05) is 13.6 Å². The molecule has 0 aliphatic carbocycles. The van der Waals surface area contributed by atoms with E-state index in [0.29, 0.717) is 9.54 Å². The Hall–Kier alpha value is -3.18. The van der Waals surface area contributed by atoms with Gasteiger partial charge in [0, 0.05) is 24.4 Å². The van der Waals surface area contributed by atoms with Crippen LogP contribution in [0.15, 0.2) is 36.5 Å². The molecule has 0 aliphatic rings. The molecular formula is C15H16N4O6S. The number of hydrogen-bond acceptors (Lipinski definition) is 5. The predicted molar refractivity (Wildman–Crippen MR) is 91.7 cm³/mol. The van der Waals surface area contributed by atoms with Crippen molar-refractivity contribution in [3.05, 3.63) is 47.8 Å². The van der Waals surface area contributed by atoms with Gasteiger partial charge >= 0.3 is 16.2 Å². The Balaban J connectivity index is 2.32. The quantitative estimate of drug-likeness (QED) is 0.522. The molecule has 0 bridgehead atoms. The van der Waals surface area contributed by atoms with E-state index in [-0.39, 0.29) is 23.6 Å². The number of benzene rings is 1. The first-order valence-corrected chi connectivity index (χ1v) is 8.72. The summed E-state index contributed by atoms with van der Waals surface area (Å²) in [6, 6.07) is 7.07. The van der Waals surface area contributed by atoms with Crippen LogP contribution in [0.1, 0.15) is 20.8 Å².